The number of anilines is 1. The summed E-state index contributed by atoms with van der Waals surface area (Å²) < 4.78 is 0. The Morgan fingerprint density at radius 1 is 1.50 bits per heavy atom. The van der Waals surface area contributed by atoms with E-state index >= 15 is 0 Å². The highest BCUT2D eigenvalue weighted by Crippen LogP contribution is 2.38. The fourth-order valence-electron chi connectivity index (χ4n) is 1.72. The number of nitrogens with zero attached hydrogens (tertiary/aromatic N) is 1. The molecule has 1 aliphatic carbocycles. The van der Waals surface area contributed by atoms with Gasteiger partial charge in [-0.2, -0.15) is 0 Å². The molecule has 0 aliphatic heterocycles. The number of halogens is 1. The van der Waals surface area contributed by atoms with Crippen LogP contribution in [-0.2, 0) is 6.54 Å². The number of hydrogen-bond donors (Lipinski definition) is 2. The van der Waals surface area contributed by atoms with E-state index in [9.17, 15) is 0 Å². The van der Waals surface area contributed by atoms with Crippen LogP contribution in [0.4, 0.5) is 5.69 Å². The van der Waals surface area contributed by atoms with Crippen molar-refractivity contribution in [1.29, 1.82) is 0 Å². The molecule has 0 radical (unpaired) electrons. The van der Waals surface area contributed by atoms with Crippen LogP contribution < -0.4 is 11.5 Å². The van der Waals surface area contributed by atoms with Crippen molar-refractivity contribution in [2.24, 2.45) is 5.73 Å². The minimum Gasteiger partial charge on any atom is -0.397 e. The van der Waals surface area contributed by atoms with Gasteiger partial charge < -0.3 is 11.5 Å². The van der Waals surface area contributed by atoms with Gasteiger partial charge in [0.05, 0.1) is 11.4 Å². The van der Waals surface area contributed by atoms with Crippen LogP contribution in [0.15, 0.2) is 6.07 Å². The van der Waals surface area contributed by atoms with E-state index in [0.717, 1.165) is 16.9 Å². The zero-order valence-electron chi connectivity index (χ0n) is 7.96. The van der Waals surface area contributed by atoms with E-state index in [-0.39, 0.29) is 0 Å². The van der Waals surface area contributed by atoms with Crippen LogP contribution in [0, 0.1) is 0 Å². The molecule has 1 fully saturated rings. The van der Waals surface area contributed by atoms with E-state index in [1.807, 2.05) is 6.07 Å². The van der Waals surface area contributed by atoms with Crippen molar-refractivity contribution in [3.63, 3.8) is 0 Å². The molecule has 0 amide bonds. The summed E-state index contributed by atoms with van der Waals surface area (Å²) in [7, 11) is 0. The highest BCUT2D eigenvalue weighted by atomic mass is 35.5. The molecule has 0 spiro atoms. The number of rotatable bonds is 2. The lowest BCUT2D eigenvalue weighted by molar-refractivity contribution is 0.412. The smallest absolute Gasteiger partial charge is 0.133 e. The number of nitrogen functional groups attached to an aromatic ring is 1. The Morgan fingerprint density at radius 2 is 2.21 bits per heavy atom. The van der Waals surface area contributed by atoms with E-state index in [2.05, 4.69) is 4.98 Å². The van der Waals surface area contributed by atoms with Gasteiger partial charge >= 0.3 is 0 Å². The van der Waals surface area contributed by atoms with Crippen LogP contribution in [0.1, 0.15) is 36.4 Å². The van der Waals surface area contributed by atoms with Crippen molar-refractivity contribution in [1.82, 2.24) is 4.98 Å². The van der Waals surface area contributed by atoms with Crippen LogP contribution in [0.3, 0.4) is 0 Å². The van der Waals surface area contributed by atoms with Crippen molar-refractivity contribution in [3.8, 4) is 0 Å². The van der Waals surface area contributed by atoms with Gasteiger partial charge in [-0.05, 0) is 18.9 Å². The average molecular weight is 212 g/mol. The molecule has 3 nitrogen and oxygen atoms in total. The zero-order valence-corrected chi connectivity index (χ0v) is 8.72. The van der Waals surface area contributed by atoms with Gasteiger partial charge in [0, 0.05) is 18.0 Å². The maximum atomic E-state index is 5.98. The topological polar surface area (TPSA) is 64.9 Å². The molecule has 0 bridgehead atoms. The van der Waals surface area contributed by atoms with E-state index < -0.39 is 0 Å². The number of hydrogen-bond acceptors (Lipinski definition) is 3. The summed E-state index contributed by atoms with van der Waals surface area (Å²) in [6, 6.07) is 1.85. The van der Waals surface area contributed by atoms with Gasteiger partial charge in [-0.25, -0.2) is 4.98 Å². The Bertz CT molecular complexity index is 347. The van der Waals surface area contributed by atoms with Crippen molar-refractivity contribution in [3.05, 3.63) is 22.5 Å². The van der Waals surface area contributed by atoms with E-state index in [4.69, 9.17) is 23.1 Å². The third-order valence-electron chi connectivity index (χ3n) is 2.82. The number of aromatic nitrogens is 1. The second-order valence-corrected chi connectivity index (χ2v) is 4.10. The Kier molecular flexibility index (Phi) is 2.61. The number of nitrogens with two attached hydrogens (primary N) is 2. The third kappa shape index (κ3) is 1.57. The second-order valence-electron chi connectivity index (χ2n) is 3.74. The molecule has 0 aromatic carbocycles. The summed E-state index contributed by atoms with van der Waals surface area (Å²) in [6.45, 7) is 0.390. The van der Waals surface area contributed by atoms with Crippen molar-refractivity contribution < 1.29 is 0 Å². The number of pyridine rings is 1. The van der Waals surface area contributed by atoms with Gasteiger partial charge in [-0.3, -0.25) is 0 Å². The van der Waals surface area contributed by atoms with Gasteiger partial charge in [0.1, 0.15) is 5.15 Å². The van der Waals surface area contributed by atoms with Crippen molar-refractivity contribution in [2.75, 3.05) is 5.73 Å². The lowest BCUT2D eigenvalue weighted by atomic mass is 9.82. The first-order valence-electron chi connectivity index (χ1n) is 4.87. The van der Waals surface area contributed by atoms with Crippen LogP contribution in [-0.4, -0.2) is 4.98 Å². The van der Waals surface area contributed by atoms with Crippen LogP contribution in [0.2, 0.25) is 5.15 Å². The quantitative estimate of drug-likeness (QED) is 0.736. The monoisotopic (exact) mass is 211 g/mol. The molecule has 1 aromatic heterocycles. The van der Waals surface area contributed by atoms with Gasteiger partial charge in [0.15, 0.2) is 0 Å². The average Bonchev–Trinajstić information content (AvgIpc) is 2.08. The Balaban J connectivity index is 2.36. The maximum absolute atomic E-state index is 5.98. The molecule has 2 rings (SSSR count). The summed E-state index contributed by atoms with van der Waals surface area (Å²) in [4.78, 5) is 4.33. The molecular weight excluding hydrogens is 198 g/mol. The van der Waals surface area contributed by atoms with Crippen LogP contribution in [0.5, 0.6) is 0 Å². The van der Waals surface area contributed by atoms with E-state index in [1.165, 1.54) is 19.3 Å². The molecule has 14 heavy (non-hydrogen) atoms. The first-order chi connectivity index (χ1) is 6.72. The minimum absolute atomic E-state index is 0.390. The molecular formula is C10H14ClN3. The summed E-state index contributed by atoms with van der Waals surface area (Å²) in [6.07, 6.45) is 3.62. The largest absolute Gasteiger partial charge is 0.397 e. The standard InChI is InChI=1S/C10H14ClN3/c11-10-7(5-12)4-8(13)9(14-10)6-2-1-3-6/h4,6H,1-3,5,12-13H2. The first-order valence-corrected chi connectivity index (χ1v) is 5.25. The zero-order chi connectivity index (χ0) is 10.1. The summed E-state index contributed by atoms with van der Waals surface area (Å²) in [5.74, 6) is 0.513. The first kappa shape index (κ1) is 9.74. The lowest BCUT2D eigenvalue weighted by Gasteiger charge is -2.26. The maximum Gasteiger partial charge on any atom is 0.133 e. The Morgan fingerprint density at radius 3 is 2.71 bits per heavy atom. The van der Waals surface area contributed by atoms with Crippen LogP contribution >= 0.6 is 11.6 Å². The molecule has 0 unspecified atom stereocenters. The van der Waals surface area contributed by atoms with Gasteiger partial charge in [-0.1, -0.05) is 18.0 Å². The minimum atomic E-state index is 0.390. The Hall–Kier alpha value is -0.800. The van der Waals surface area contributed by atoms with Crippen LogP contribution in [0.25, 0.3) is 0 Å². The normalized spacial score (nSPS) is 16.7. The fourth-order valence-corrected chi connectivity index (χ4v) is 1.94. The molecule has 4 N–H and O–H groups in total. The Labute approximate surface area is 88.5 Å². The molecule has 0 saturated heterocycles. The SMILES string of the molecule is NCc1cc(N)c(C2CCC2)nc1Cl. The van der Waals surface area contributed by atoms with Crippen molar-refractivity contribution in [2.45, 2.75) is 31.7 Å². The van der Waals surface area contributed by atoms with Gasteiger partial charge in [-0.15, -0.1) is 0 Å². The lowest BCUT2D eigenvalue weighted by Crippen LogP contribution is -2.14. The van der Waals surface area contributed by atoms with Crippen molar-refractivity contribution >= 4 is 17.3 Å². The summed E-state index contributed by atoms with van der Waals surface area (Å²) in [5.41, 5.74) is 13.9. The van der Waals surface area contributed by atoms with Gasteiger partial charge in [0.2, 0.25) is 0 Å². The highest BCUT2D eigenvalue weighted by Gasteiger charge is 2.23. The molecule has 0 atom stereocenters. The third-order valence-corrected chi connectivity index (χ3v) is 3.15. The molecule has 1 heterocycles. The summed E-state index contributed by atoms with van der Waals surface area (Å²) in [5, 5.41) is 0.503. The molecule has 1 saturated carbocycles. The predicted octanol–water partition coefficient (Wildman–Crippen LogP) is 2.04. The predicted molar refractivity (Wildman–Crippen MR) is 58.1 cm³/mol. The second kappa shape index (κ2) is 3.75. The van der Waals surface area contributed by atoms with E-state index in [0.29, 0.717) is 17.6 Å². The fraction of sp³-hybridized carbons (Fsp3) is 0.500. The highest BCUT2D eigenvalue weighted by molar-refractivity contribution is 6.30. The molecule has 4 heteroatoms. The molecule has 1 aliphatic rings. The summed E-state index contributed by atoms with van der Waals surface area (Å²) >= 11 is 5.98. The van der Waals surface area contributed by atoms with E-state index in [1.54, 1.807) is 0 Å². The molecule has 76 valence electrons. The van der Waals surface area contributed by atoms with Gasteiger partial charge in [0.25, 0.3) is 0 Å². The molecule has 1 aromatic rings.